The molecule has 3 atom stereocenters. The van der Waals surface area contributed by atoms with Crippen molar-refractivity contribution >= 4 is 16.8 Å². The molecule has 5 nitrogen and oxygen atoms in total. The van der Waals surface area contributed by atoms with Crippen LogP contribution in [0.5, 0.6) is 0 Å². The van der Waals surface area contributed by atoms with E-state index in [0.29, 0.717) is 29.4 Å². The number of nitrogens with zero attached hydrogens (tertiary/aromatic N) is 3. The van der Waals surface area contributed by atoms with Crippen molar-refractivity contribution in [3.8, 4) is 0 Å². The molecule has 2 aliphatic rings. The van der Waals surface area contributed by atoms with Crippen LogP contribution in [0.15, 0.2) is 36.5 Å². The average Bonchev–Trinajstić information content (AvgIpc) is 3.10. The van der Waals surface area contributed by atoms with Crippen molar-refractivity contribution in [3.63, 3.8) is 0 Å². The molecule has 1 saturated heterocycles. The van der Waals surface area contributed by atoms with Gasteiger partial charge in [0.15, 0.2) is 0 Å². The predicted octanol–water partition coefficient (Wildman–Crippen LogP) is 2.52. The van der Waals surface area contributed by atoms with Gasteiger partial charge in [0.2, 0.25) is 0 Å². The van der Waals surface area contributed by atoms with Gasteiger partial charge in [-0.2, -0.15) is 0 Å². The maximum absolute atomic E-state index is 12.8. The number of fused-ring (bicyclic) bond motifs is 2. The summed E-state index contributed by atoms with van der Waals surface area (Å²) in [5.41, 5.74) is 1.62. The maximum atomic E-state index is 12.8. The highest BCUT2D eigenvalue weighted by Gasteiger charge is 2.56. The Labute approximate surface area is 154 Å². The lowest BCUT2D eigenvalue weighted by atomic mass is 10.1. The Kier molecular flexibility index (Phi) is 4.67. The van der Waals surface area contributed by atoms with Crippen molar-refractivity contribution in [1.29, 1.82) is 0 Å². The van der Waals surface area contributed by atoms with E-state index < -0.39 is 0 Å². The Morgan fingerprint density at radius 1 is 1.31 bits per heavy atom. The topological polar surface area (TPSA) is 45.7 Å². The van der Waals surface area contributed by atoms with Gasteiger partial charge in [0.05, 0.1) is 24.3 Å². The van der Waals surface area contributed by atoms with Crippen LogP contribution in [0.4, 0.5) is 0 Å². The Balaban J connectivity index is 1.30. The summed E-state index contributed by atoms with van der Waals surface area (Å²) in [4.78, 5) is 21.4. The molecule has 0 bridgehead atoms. The Morgan fingerprint density at radius 2 is 2.04 bits per heavy atom. The quantitative estimate of drug-likeness (QED) is 0.801. The molecular formula is C21H27N3O2. The van der Waals surface area contributed by atoms with Crippen LogP contribution in [0.1, 0.15) is 17.3 Å². The van der Waals surface area contributed by atoms with Crippen LogP contribution < -0.4 is 0 Å². The molecule has 1 aliphatic carbocycles. The summed E-state index contributed by atoms with van der Waals surface area (Å²) in [7, 11) is 4.15. The molecule has 2 fully saturated rings. The lowest BCUT2D eigenvalue weighted by Gasteiger charge is -2.21. The minimum Gasteiger partial charge on any atom is -0.380 e. The van der Waals surface area contributed by atoms with Crippen molar-refractivity contribution in [3.05, 3.63) is 42.1 Å². The lowest BCUT2D eigenvalue weighted by Crippen LogP contribution is -2.33. The molecular weight excluding hydrogens is 326 g/mol. The number of pyridine rings is 1. The third-order valence-electron chi connectivity index (χ3n) is 6.05. The molecule has 3 unspecified atom stereocenters. The minimum absolute atomic E-state index is 0.108. The van der Waals surface area contributed by atoms with Crippen LogP contribution in [-0.4, -0.2) is 67.1 Å². The van der Waals surface area contributed by atoms with Gasteiger partial charge in [-0.25, -0.2) is 0 Å². The SMILES string of the molecule is CC(COCC1C2CN(C(=O)c3cnc4ccccc4c3)CC12)N(C)C. The second kappa shape index (κ2) is 6.97. The van der Waals surface area contributed by atoms with E-state index in [4.69, 9.17) is 4.74 Å². The highest BCUT2D eigenvalue weighted by molar-refractivity contribution is 5.97. The van der Waals surface area contributed by atoms with Crippen LogP contribution in [0.25, 0.3) is 10.9 Å². The summed E-state index contributed by atoms with van der Waals surface area (Å²) >= 11 is 0. The zero-order valence-electron chi connectivity index (χ0n) is 15.8. The van der Waals surface area contributed by atoms with Gasteiger partial charge < -0.3 is 14.5 Å². The molecule has 2 aromatic rings. The number of aromatic nitrogens is 1. The molecule has 1 saturated carbocycles. The summed E-state index contributed by atoms with van der Waals surface area (Å²) < 4.78 is 5.89. The minimum atomic E-state index is 0.108. The number of likely N-dealkylation sites (N-methyl/N-ethyl adjacent to an activating group) is 1. The van der Waals surface area contributed by atoms with E-state index in [9.17, 15) is 4.79 Å². The van der Waals surface area contributed by atoms with Gasteiger partial charge in [-0.3, -0.25) is 9.78 Å². The number of amides is 1. The van der Waals surface area contributed by atoms with Gasteiger partial charge in [-0.1, -0.05) is 18.2 Å². The first-order valence-electron chi connectivity index (χ1n) is 9.43. The number of benzene rings is 1. The van der Waals surface area contributed by atoms with E-state index in [1.165, 1.54) is 0 Å². The molecule has 1 aliphatic heterocycles. The highest BCUT2D eigenvalue weighted by Crippen LogP contribution is 2.52. The summed E-state index contributed by atoms with van der Waals surface area (Å²) in [6, 6.07) is 10.3. The molecule has 2 heterocycles. The number of hydrogen-bond donors (Lipinski definition) is 0. The second-order valence-corrected chi connectivity index (χ2v) is 7.97. The summed E-state index contributed by atoms with van der Waals surface area (Å²) in [5, 5.41) is 1.02. The van der Waals surface area contributed by atoms with Gasteiger partial charge in [-0.05, 0) is 50.9 Å². The smallest absolute Gasteiger partial charge is 0.255 e. The first-order valence-corrected chi connectivity index (χ1v) is 9.43. The number of ether oxygens (including phenoxy) is 1. The molecule has 0 radical (unpaired) electrons. The standard InChI is InChI=1S/C21H27N3O2/c1-14(23(2)3)12-26-13-19-17-10-24(11-18(17)19)21(25)16-8-15-6-4-5-7-20(15)22-9-16/h4-9,14,17-19H,10-13H2,1-3H3. The third-order valence-corrected chi connectivity index (χ3v) is 6.05. The van der Waals surface area contributed by atoms with Gasteiger partial charge in [0, 0.05) is 30.7 Å². The fraction of sp³-hybridized carbons (Fsp3) is 0.524. The second-order valence-electron chi connectivity index (χ2n) is 7.97. The number of piperidine rings is 1. The maximum Gasteiger partial charge on any atom is 0.255 e. The van der Waals surface area contributed by atoms with Gasteiger partial charge in [-0.15, -0.1) is 0 Å². The lowest BCUT2D eigenvalue weighted by molar-refractivity contribution is 0.0638. The van der Waals surface area contributed by atoms with Crippen molar-refractivity contribution in [1.82, 2.24) is 14.8 Å². The summed E-state index contributed by atoms with van der Waals surface area (Å²) in [6.45, 7) is 5.48. The largest absolute Gasteiger partial charge is 0.380 e. The van der Waals surface area contributed by atoms with E-state index in [-0.39, 0.29) is 5.91 Å². The number of carbonyl (C=O) groups is 1. The van der Waals surface area contributed by atoms with Crippen molar-refractivity contribution in [2.24, 2.45) is 17.8 Å². The van der Waals surface area contributed by atoms with Crippen LogP contribution in [0.3, 0.4) is 0 Å². The Bertz CT molecular complexity index is 795. The number of hydrogen-bond acceptors (Lipinski definition) is 4. The number of likely N-dealkylation sites (tertiary alicyclic amines) is 1. The van der Waals surface area contributed by atoms with Crippen LogP contribution in [-0.2, 0) is 4.74 Å². The summed E-state index contributed by atoms with van der Waals surface area (Å²) in [6.07, 6.45) is 1.71. The number of para-hydroxylation sites is 1. The van der Waals surface area contributed by atoms with E-state index in [2.05, 4.69) is 30.9 Å². The molecule has 26 heavy (non-hydrogen) atoms. The molecule has 4 rings (SSSR count). The monoisotopic (exact) mass is 353 g/mol. The highest BCUT2D eigenvalue weighted by atomic mass is 16.5. The van der Waals surface area contributed by atoms with Crippen molar-refractivity contribution < 1.29 is 9.53 Å². The predicted molar refractivity (Wildman–Crippen MR) is 102 cm³/mol. The van der Waals surface area contributed by atoms with Crippen LogP contribution >= 0.6 is 0 Å². The van der Waals surface area contributed by atoms with E-state index in [1.54, 1.807) is 6.20 Å². The molecule has 138 valence electrons. The zero-order valence-corrected chi connectivity index (χ0v) is 15.8. The molecule has 1 aromatic carbocycles. The Hall–Kier alpha value is -1.98. The van der Waals surface area contributed by atoms with Crippen molar-refractivity contribution in [2.75, 3.05) is 40.4 Å². The van der Waals surface area contributed by atoms with Crippen LogP contribution in [0.2, 0.25) is 0 Å². The van der Waals surface area contributed by atoms with E-state index >= 15 is 0 Å². The normalized spacial score (nSPS) is 25.5. The number of carbonyl (C=O) groups excluding carboxylic acids is 1. The van der Waals surface area contributed by atoms with Gasteiger partial charge >= 0.3 is 0 Å². The fourth-order valence-electron chi connectivity index (χ4n) is 3.96. The fourth-order valence-corrected chi connectivity index (χ4v) is 3.96. The number of rotatable bonds is 6. The third kappa shape index (κ3) is 3.33. The Morgan fingerprint density at radius 3 is 2.77 bits per heavy atom. The first kappa shape index (κ1) is 17.4. The van der Waals surface area contributed by atoms with E-state index in [1.807, 2.05) is 35.2 Å². The molecule has 1 amide bonds. The van der Waals surface area contributed by atoms with Gasteiger partial charge in [0.1, 0.15) is 0 Å². The molecule has 1 aromatic heterocycles. The van der Waals surface area contributed by atoms with Crippen molar-refractivity contribution in [2.45, 2.75) is 13.0 Å². The van der Waals surface area contributed by atoms with E-state index in [0.717, 1.165) is 37.2 Å². The summed E-state index contributed by atoms with van der Waals surface area (Å²) in [5.74, 6) is 1.96. The molecule has 5 heteroatoms. The zero-order chi connectivity index (χ0) is 18.3. The molecule has 0 spiro atoms. The van der Waals surface area contributed by atoms with Gasteiger partial charge in [0.25, 0.3) is 5.91 Å². The average molecular weight is 353 g/mol. The van der Waals surface area contributed by atoms with Crippen LogP contribution in [0, 0.1) is 17.8 Å². The molecule has 0 N–H and O–H groups in total. The first-order chi connectivity index (χ1) is 12.5.